The molecule has 2 heterocycles. The van der Waals surface area contributed by atoms with Crippen molar-refractivity contribution in [1.82, 2.24) is 4.90 Å². The zero-order valence-electron chi connectivity index (χ0n) is 19.0. The van der Waals surface area contributed by atoms with Gasteiger partial charge in [-0.2, -0.15) is 0 Å². The van der Waals surface area contributed by atoms with E-state index in [1.54, 1.807) is 36.2 Å². The van der Waals surface area contributed by atoms with Gasteiger partial charge in [0.1, 0.15) is 0 Å². The van der Waals surface area contributed by atoms with Crippen molar-refractivity contribution < 1.29 is 14.4 Å². The Labute approximate surface area is 208 Å². The fourth-order valence-electron chi connectivity index (χ4n) is 4.27. The van der Waals surface area contributed by atoms with Crippen molar-refractivity contribution in [2.24, 2.45) is 5.92 Å². The summed E-state index contributed by atoms with van der Waals surface area (Å²) in [6.45, 7) is 1.88. The largest absolute Gasteiger partial charge is 0.336 e. The SMILES string of the molecule is Cc1ccc(N2C(=O)CC[C@@H](C(=O)N(C)CC(=O)Nc3ccccc3Cl)[C@H]2c2cccs2)cc1. The highest BCUT2D eigenvalue weighted by Crippen LogP contribution is 2.42. The molecule has 34 heavy (non-hydrogen) atoms. The van der Waals surface area contributed by atoms with Crippen LogP contribution >= 0.6 is 22.9 Å². The number of hydrogen-bond acceptors (Lipinski definition) is 4. The van der Waals surface area contributed by atoms with Gasteiger partial charge in [0.25, 0.3) is 0 Å². The van der Waals surface area contributed by atoms with Crippen molar-refractivity contribution in [1.29, 1.82) is 0 Å². The van der Waals surface area contributed by atoms with Crippen LogP contribution in [0, 0.1) is 12.8 Å². The zero-order chi connectivity index (χ0) is 24.2. The van der Waals surface area contributed by atoms with Crippen LogP contribution in [-0.2, 0) is 14.4 Å². The zero-order valence-corrected chi connectivity index (χ0v) is 20.6. The van der Waals surface area contributed by atoms with E-state index in [2.05, 4.69) is 5.32 Å². The van der Waals surface area contributed by atoms with Crippen molar-refractivity contribution in [3.63, 3.8) is 0 Å². The third kappa shape index (κ3) is 5.16. The number of likely N-dealkylation sites (N-methyl/N-ethyl adjacent to an activating group) is 1. The second-order valence-corrected chi connectivity index (χ2v) is 9.81. The molecule has 0 saturated carbocycles. The van der Waals surface area contributed by atoms with Crippen LogP contribution < -0.4 is 10.2 Å². The van der Waals surface area contributed by atoms with Crippen molar-refractivity contribution in [2.45, 2.75) is 25.8 Å². The third-order valence-electron chi connectivity index (χ3n) is 5.97. The molecule has 0 spiro atoms. The van der Waals surface area contributed by atoms with Gasteiger partial charge in [-0.1, -0.05) is 47.5 Å². The Morgan fingerprint density at radius 1 is 1.12 bits per heavy atom. The first-order valence-corrected chi connectivity index (χ1v) is 12.3. The van der Waals surface area contributed by atoms with Crippen LogP contribution in [0.2, 0.25) is 5.02 Å². The summed E-state index contributed by atoms with van der Waals surface area (Å²) >= 11 is 7.66. The van der Waals surface area contributed by atoms with Crippen molar-refractivity contribution >= 4 is 52.0 Å². The van der Waals surface area contributed by atoms with Gasteiger partial charge in [0.2, 0.25) is 17.7 Å². The molecule has 176 valence electrons. The van der Waals surface area contributed by atoms with E-state index in [0.717, 1.165) is 16.1 Å². The van der Waals surface area contributed by atoms with Crippen molar-refractivity contribution in [2.75, 3.05) is 23.8 Å². The van der Waals surface area contributed by atoms with Crippen molar-refractivity contribution in [3.8, 4) is 0 Å². The van der Waals surface area contributed by atoms with Crippen LogP contribution in [-0.4, -0.2) is 36.2 Å². The Morgan fingerprint density at radius 2 is 1.85 bits per heavy atom. The van der Waals surface area contributed by atoms with Gasteiger partial charge in [0, 0.05) is 24.0 Å². The average Bonchev–Trinajstić information content (AvgIpc) is 3.35. The molecule has 1 aliphatic rings. The summed E-state index contributed by atoms with van der Waals surface area (Å²) in [6.07, 6.45) is 0.699. The molecule has 2 atom stereocenters. The number of carbonyl (C=O) groups excluding carboxylic acids is 3. The monoisotopic (exact) mass is 495 g/mol. The lowest BCUT2D eigenvalue weighted by molar-refractivity contribution is -0.139. The number of nitrogens with one attached hydrogen (secondary N) is 1. The van der Waals surface area contributed by atoms with Crippen LogP contribution in [0.15, 0.2) is 66.0 Å². The predicted octanol–water partition coefficient (Wildman–Crippen LogP) is 5.29. The first kappa shape index (κ1) is 24.0. The molecule has 0 radical (unpaired) electrons. The molecular weight excluding hydrogens is 470 g/mol. The molecular formula is C26H26ClN3O3S. The van der Waals surface area contributed by atoms with Crippen LogP contribution in [0.1, 0.15) is 29.3 Å². The Morgan fingerprint density at radius 3 is 2.53 bits per heavy atom. The number of thiophene rings is 1. The number of aryl methyl sites for hydroxylation is 1. The molecule has 1 N–H and O–H groups in total. The van der Waals surface area contributed by atoms with Gasteiger partial charge in [0.15, 0.2) is 0 Å². The van der Waals surface area contributed by atoms with E-state index in [0.29, 0.717) is 17.1 Å². The average molecular weight is 496 g/mol. The molecule has 3 aromatic rings. The lowest BCUT2D eigenvalue weighted by atomic mass is 9.86. The summed E-state index contributed by atoms with van der Waals surface area (Å²) in [7, 11) is 1.62. The number of amides is 3. The first-order valence-electron chi connectivity index (χ1n) is 11.1. The Balaban J connectivity index is 1.56. The van der Waals surface area contributed by atoms with E-state index < -0.39 is 12.0 Å². The Kier molecular flexibility index (Phi) is 7.34. The normalized spacial score (nSPS) is 18.0. The topological polar surface area (TPSA) is 69.7 Å². The molecule has 0 unspecified atom stereocenters. The maximum atomic E-state index is 13.6. The molecule has 6 nitrogen and oxygen atoms in total. The fraction of sp³-hybridized carbons (Fsp3) is 0.269. The Hall–Kier alpha value is -3.16. The van der Waals surface area contributed by atoms with Crippen molar-refractivity contribution in [3.05, 3.63) is 81.5 Å². The van der Waals surface area contributed by atoms with E-state index in [4.69, 9.17) is 11.6 Å². The standard InChI is InChI=1S/C26H26ClN3O3S/c1-17-9-11-18(12-10-17)30-24(32)14-13-19(25(30)22-8-5-15-34-22)26(33)29(2)16-23(31)28-21-7-4-3-6-20(21)27/h3-12,15,19,25H,13-14,16H2,1-2H3,(H,28,31)/t19-,25+/m1/s1. The van der Waals surface area contributed by atoms with E-state index in [1.807, 2.05) is 48.7 Å². The predicted molar refractivity (Wildman–Crippen MR) is 136 cm³/mol. The van der Waals surface area contributed by atoms with E-state index in [1.165, 1.54) is 16.2 Å². The molecule has 0 bridgehead atoms. The number of hydrogen-bond donors (Lipinski definition) is 1. The molecule has 2 aromatic carbocycles. The third-order valence-corrected chi connectivity index (χ3v) is 7.24. The minimum Gasteiger partial charge on any atom is -0.336 e. The second-order valence-electron chi connectivity index (χ2n) is 8.43. The van der Waals surface area contributed by atoms with Gasteiger partial charge >= 0.3 is 0 Å². The minimum absolute atomic E-state index is 0.00887. The number of carbonyl (C=O) groups is 3. The summed E-state index contributed by atoms with van der Waals surface area (Å²) in [6, 6.07) is 18.2. The lowest BCUT2D eigenvalue weighted by Gasteiger charge is -2.41. The maximum absolute atomic E-state index is 13.6. The van der Waals surface area contributed by atoms with Gasteiger partial charge in [-0.3, -0.25) is 14.4 Å². The molecule has 1 aliphatic heterocycles. The van der Waals surface area contributed by atoms with Crippen LogP contribution in [0.5, 0.6) is 0 Å². The van der Waals surface area contributed by atoms with Gasteiger partial charge < -0.3 is 15.1 Å². The maximum Gasteiger partial charge on any atom is 0.244 e. The highest BCUT2D eigenvalue weighted by Gasteiger charge is 2.43. The smallest absolute Gasteiger partial charge is 0.244 e. The molecule has 0 aliphatic carbocycles. The number of nitrogens with zero attached hydrogens (tertiary/aromatic N) is 2. The molecule has 1 fully saturated rings. The van der Waals surface area contributed by atoms with Crippen LogP contribution in [0.3, 0.4) is 0 Å². The Bertz CT molecular complexity index is 1180. The number of benzene rings is 2. The summed E-state index contributed by atoms with van der Waals surface area (Å²) in [5.41, 5.74) is 2.36. The number of anilines is 2. The minimum atomic E-state index is -0.462. The first-order chi connectivity index (χ1) is 16.3. The van der Waals surface area contributed by atoms with Crippen LogP contribution in [0.4, 0.5) is 11.4 Å². The number of para-hydroxylation sites is 1. The fourth-order valence-corrected chi connectivity index (χ4v) is 5.34. The number of rotatable bonds is 6. The summed E-state index contributed by atoms with van der Waals surface area (Å²) in [4.78, 5) is 43.4. The number of piperidine rings is 1. The van der Waals surface area contributed by atoms with Gasteiger partial charge in [-0.25, -0.2) is 0 Å². The highest BCUT2D eigenvalue weighted by atomic mass is 35.5. The molecule has 3 amide bonds. The second kappa shape index (κ2) is 10.4. The van der Waals surface area contributed by atoms with Crippen LogP contribution in [0.25, 0.3) is 0 Å². The molecule has 1 saturated heterocycles. The quantitative estimate of drug-likeness (QED) is 0.505. The summed E-state index contributed by atoms with van der Waals surface area (Å²) in [5.74, 6) is -0.975. The van der Waals surface area contributed by atoms with Gasteiger partial charge in [-0.05, 0) is 49.1 Å². The molecule has 8 heteroatoms. The van der Waals surface area contributed by atoms with E-state index >= 15 is 0 Å². The lowest BCUT2D eigenvalue weighted by Crippen LogP contribution is -2.49. The molecule has 1 aromatic heterocycles. The summed E-state index contributed by atoms with van der Waals surface area (Å²) in [5, 5.41) is 5.14. The van der Waals surface area contributed by atoms with E-state index in [9.17, 15) is 14.4 Å². The number of halogens is 1. The summed E-state index contributed by atoms with van der Waals surface area (Å²) < 4.78 is 0. The van der Waals surface area contributed by atoms with E-state index in [-0.39, 0.29) is 30.7 Å². The highest BCUT2D eigenvalue weighted by molar-refractivity contribution is 7.10. The molecule has 4 rings (SSSR count). The van der Waals surface area contributed by atoms with Gasteiger partial charge in [-0.15, -0.1) is 11.3 Å². The van der Waals surface area contributed by atoms with Gasteiger partial charge in [0.05, 0.1) is 29.2 Å².